The highest BCUT2D eigenvalue weighted by Gasteiger charge is 2.13. The molecule has 1 heterocycles. The molecule has 30 heavy (non-hydrogen) atoms. The number of aliphatic carboxylic acids is 1. The van der Waals surface area contributed by atoms with E-state index in [1.807, 2.05) is 31.3 Å². The highest BCUT2D eigenvalue weighted by atomic mass is 16.5. The van der Waals surface area contributed by atoms with Gasteiger partial charge in [-0.15, -0.1) is 0 Å². The van der Waals surface area contributed by atoms with Crippen molar-refractivity contribution in [1.29, 1.82) is 0 Å². The minimum absolute atomic E-state index is 0.159. The van der Waals surface area contributed by atoms with Crippen molar-refractivity contribution in [2.24, 2.45) is 5.92 Å². The summed E-state index contributed by atoms with van der Waals surface area (Å²) < 4.78 is 8.27. The van der Waals surface area contributed by atoms with Crippen molar-refractivity contribution < 1.29 is 14.6 Å². The van der Waals surface area contributed by atoms with E-state index in [9.17, 15) is 4.79 Å². The minimum atomic E-state index is -0.742. The van der Waals surface area contributed by atoms with Gasteiger partial charge in [-0.2, -0.15) is 0 Å². The second kappa shape index (κ2) is 10.1. The number of aromatic nitrogens is 2. The van der Waals surface area contributed by atoms with Gasteiger partial charge in [0.1, 0.15) is 11.6 Å². The number of rotatable bonds is 10. The summed E-state index contributed by atoms with van der Waals surface area (Å²) in [6, 6.07) is 16.5. The molecule has 1 atom stereocenters. The number of imidazole rings is 1. The number of ether oxygens (including phenoxy) is 1. The van der Waals surface area contributed by atoms with Gasteiger partial charge in [-0.25, -0.2) is 4.98 Å². The van der Waals surface area contributed by atoms with Crippen molar-refractivity contribution >= 4 is 5.97 Å². The lowest BCUT2D eigenvalue weighted by molar-refractivity contribution is -0.138. The molecule has 2 aromatic carbocycles. The Labute approximate surface area is 178 Å². The first-order valence-electron chi connectivity index (χ1n) is 10.5. The average Bonchev–Trinajstić information content (AvgIpc) is 3.07. The van der Waals surface area contributed by atoms with Gasteiger partial charge in [0.15, 0.2) is 0 Å². The van der Waals surface area contributed by atoms with Crippen molar-refractivity contribution in [2.45, 2.75) is 46.6 Å². The van der Waals surface area contributed by atoms with Crippen LogP contribution in [0.1, 0.15) is 43.0 Å². The second-order valence-corrected chi connectivity index (χ2v) is 7.98. The Kier molecular flexibility index (Phi) is 7.28. The molecule has 3 rings (SSSR count). The molecule has 0 bridgehead atoms. The third kappa shape index (κ3) is 5.72. The zero-order valence-electron chi connectivity index (χ0n) is 18.0. The van der Waals surface area contributed by atoms with Crippen LogP contribution in [0.15, 0.2) is 54.7 Å². The van der Waals surface area contributed by atoms with Crippen LogP contribution in [0.5, 0.6) is 5.75 Å². The van der Waals surface area contributed by atoms with Crippen molar-refractivity contribution in [3.8, 4) is 17.1 Å². The third-order valence-electron chi connectivity index (χ3n) is 5.29. The maximum atomic E-state index is 10.8. The van der Waals surface area contributed by atoms with E-state index >= 15 is 0 Å². The van der Waals surface area contributed by atoms with Crippen molar-refractivity contribution in [3.05, 3.63) is 71.5 Å². The van der Waals surface area contributed by atoms with Gasteiger partial charge in [0.05, 0.1) is 13.2 Å². The molecule has 5 heteroatoms. The van der Waals surface area contributed by atoms with E-state index in [0.29, 0.717) is 13.2 Å². The quantitative estimate of drug-likeness (QED) is 0.453. The molecular formula is C25H30N2O3. The first kappa shape index (κ1) is 21.6. The van der Waals surface area contributed by atoms with Gasteiger partial charge in [-0.05, 0) is 38.7 Å². The second-order valence-electron chi connectivity index (χ2n) is 7.98. The molecule has 0 unspecified atom stereocenters. The summed E-state index contributed by atoms with van der Waals surface area (Å²) in [5.74, 6) is 1.23. The van der Waals surface area contributed by atoms with Crippen molar-refractivity contribution in [1.82, 2.24) is 9.55 Å². The molecule has 1 aromatic heterocycles. The first-order valence-corrected chi connectivity index (χ1v) is 10.5. The summed E-state index contributed by atoms with van der Waals surface area (Å²) in [7, 11) is 0. The van der Waals surface area contributed by atoms with E-state index in [2.05, 4.69) is 53.7 Å². The molecule has 0 spiro atoms. The van der Waals surface area contributed by atoms with Crippen LogP contribution in [0.25, 0.3) is 11.4 Å². The molecule has 3 aromatic rings. The van der Waals surface area contributed by atoms with Crippen LogP contribution < -0.4 is 4.74 Å². The first-order chi connectivity index (χ1) is 14.4. The summed E-state index contributed by atoms with van der Waals surface area (Å²) in [6.45, 7) is 7.38. The van der Waals surface area contributed by atoms with E-state index in [-0.39, 0.29) is 12.3 Å². The zero-order valence-corrected chi connectivity index (χ0v) is 18.0. The van der Waals surface area contributed by atoms with Gasteiger partial charge in [-0.1, -0.05) is 55.0 Å². The maximum Gasteiger partial charge on any atom is 0.303 e. The fraction of sp³-hybridized carbons (Fsp3) is 0.360. The summed E-state index contributed by atoms with van der Waals surface area (Å²) >= 11 is 0. The van der Waals surface area contributed by atoms with Crippen LogP contribution in [0.4, 0.5) is 0 Å². The number of aryl methyl sites for hydroxylation is 2. The molecule has 0 fully saturated rings. The van der Waals surface area contributed by atoms with E-state index in [1.165, 1.54) is 5.56 Å². The Morgan fingerprint density at radius 3 is 2.60 bits per heavy atom. The number of benzene rings is 2. The summed E-state index contributed by atoms with van der Waals surface area (Å²) in [5, 5.41) is 8.88. The minimum Gasteiger partial charge on any atom is -0.493 e. The zero-order chi connectivity index (χ0) is 21.5. The average molecular weight is 407 g/mol. The van der Waals surface area contributed by atoms with Crippen LogP contribution in [0.3, 0.4) is 0 Å². The largest absolute Gasteiger partial charge is 0.493 e. The van der Waals surface area contributed by atoms with Gasteiger partial charge in [0.2, 0.25) is 0 Å². The predicted octanol–water partition coefficient (Wildman–Crippen LogP) is 5.49. The van der Waals surface area contributed by atoms with Crippen molar-refractivity contribution in [3.63, 3.8) is 0 Å². The Morgan fingerprint density at radius 2 is 1.87 bits per heavy atom. The van der Waals surface area contributed by atoms with E-state index < -0.39 is 5.97 Å². The van der Waals surface area contributed by atoms with Gasteiger partial charge >= 0.3 is 5.97 Å². The molecule has 0 amide bonds. The standard InChI is InChI=1S/C25H30N2O3/c1-18-10-12-21(13-11-18)25-26-16-20(3)27(25)17-22-8-4-5-9-23(22)30-14-6-7-19(2)15-24(28)29/h4-5,8-13,16,19H,6-7,14-15,17H2,1-3H3,(H,28,29)/t19-/m0/s1. The Bertz CT molecular complexity index is 976. The van der Waals surface area contributed by atoms with Crippen LogP contribution in [-0.2, 0) is 11.3 Å². The molecule has 1 N–H and O–H groups in total. The van der Waals surface area contributed by atoms with Crippen molar-refractivity contribution in [2.75, 3.05) is 6.61 Å². The Hall–Kier alpha value is -3.08. The third-order valence-corrected chi connectivity index (χ3v) is 5.29. The molecule has 5 nitrogen and oxygen atoms in total. The summed E-state index contributed by atoms with van der Waals surface area (Å²) in [6.07, 6.45) is 3.79. The van der Waals surface area contributed by atoms with Gasteiger partial charge < -0.3 is 14.4 Å². The number of carboxylic acid groups (broad SMARTS) is 1. The van der Waals surface area contributed by atoms with Crippen LogP contribution in [0.2, 0.25) is 0 Å². The molecule has 0 aliphatic rings. The Morgan fingerprint density at radius 1 is 1.13 bits per heavy atom. The molecular weight excluding hydrogens is 376 g/mol. The molecule has 0 aliphatic heterocycles. The van der Waals surface area contributed by atoms with Crippen LogP contribution in [0, 0.1) is 19.8 Å². The molecule has 0 saturated heterocycles. The van der Waals surface area contributed by atoms with Crippen LogP contribution >= 0.6 is 0 Å². The number of nitrogens with zero attached hydrogens (tertiary/aromatic N) is 2. The SMILES string of the molecule is Cc1ccc(-c2ncc(C)n2Cc2ccccc2OCCC[C@H](C)CC(=O)O)cc1. The number of carboxylic acids is 1. The number of para-hydroxylation sites is 1. The molecule has 0 radical (unpaired) electrons. The van der Waals surface area contributed by atoms with E-state index in [4.69, 9.17) is 9.84 Å². The summed E-state index contributed by atoms with van der Waals surface area (Å²) in [4.78, 5) is 15.4. The molecule has 158 valence electrons. The highest BCUT2D eigenvalue weighted by Crippen LogP contribution is 2.25. The lowest BCUT2D eigenvalue weighted by Gasteiger charge is -2.15. The monoisotopic (exact) mass is 406 g/mol. The molecule has 0 saturated carbocycles. The number of carbonyl (C=O) groups is 1. The normalized spacial score (nSPS) is 12.0. The summed E-state index contributed by atoms with van der Waals surface area (Å²) in [5.41, 5.74) is 4.53. The molecule has 0 aliphatic carbocycles. The van der Waals surface area contributed by atoms with Gasteiger partial charge in [0.25, 0.3) is 0 Å². The smallest absolute Gasteiger partial charge is 0.303 e. The van der Waals surface area contributed by atoms with E-state index in [0.717, 1.165) is 41.2 Å². The predicted molar refractivity (Wildman–Crippen MR) is 119 cm³/mol. The van der Waals surface area contributed by atoms with E-state index in [1.54, 1.807) is 0 Å². The van der Waals surface area contributed by atoms with Gasteiger partial charge in [-0.3, -0.25) is 4.79 Å². The Balaban J connectivity index is 1.69. The highest BCUT2D eigenvalue weighted by molar-refractivity contribution is 5.66. The fourth-order valence-electron chi connectivity index (χ4n) is 3.55. The number of hydrogen-bond acceptors (Lipinski definition) is 3. The fourth-order valence-corrected chi connectivity index (χ4v) is 3.55. The number of hydrogen-bond donors (Lipinski definition) is 1. The topological polar surface area (TPSA) is 64.4 Å². The maximum absolute atomic E-state index is 10.8. The lowest BCUT2D eigenvalue weighted by Crippen LogP contribution is -2.09. The van der Waals surface area contributed by atoms with Crippen LogP contribution in [-0.4, -0.2) is 27.2 Å². The van der Waals surface area contributed by atoms with Gasteiger partial charge in [0, 0.05) is 29.4 Å². The lowest BCUT2D eigenvalue weighted by atomic mass is 10.0.